The summed E-state index contributed by atoms with van der Waals surface area (Å²) >= 11 is 5.84. The van der Waals surface area contributed by atoms with Crippen LogP contribution < -0.4 is 5.32 Å². The number of halogens is 2. The van der Waals surface area contributed by atoms with E-state index in [-0.39, 0.29) is 5.82 Å². The third-order valence-corrected chi connectivity index (χ3v) is 3.39. The minimum Gasteiger partial charge on any atom is -0.381 e. The largest absolute Gasteiger partial charge is 0.381 e. The monoisotopic (exact) mass is 285 g/mol. The lowest BCUT2D eigenvalue weighted by Gasteiger charge is -2.08. The summed E-state index contributed by atoms with van der Waals surface area (Å²) in [6.07, 6.45) is 0. The molecule has 0 unspecified atom stereocenters. The van der Waals surface area contributed by atoms with Crippen molar-refractivity contribution < 1.29 is 4.39 Å². The average molecular weight is 286 g/mol. The van der Waals surface area contributed by atoms with E-state index in [1.54, 1.807) is 6.07 Å². The van der Waals surface area contributed by atoms with Gasteiger partial charge in [0.15, 0.2) is 0 Å². The number of benzene rings is 3. The van der Waals surface area contributed by atoms with Crippen LogP contribution in [0.2, 0.25) is 5.02 Å². The summed E-state index contributed by atoms with van der Waals surface area (Å²) in [6, 6.07) is 18.9. The van der Waals surface area contributed by atoms with Crippen LogP contribution in [-0.4, -0.2) is 0 Å². The highest BCUT2D eigenvalue weighted by Crippen LogP contribution is 2.20. The third-order valence-electron chi connectivity index (χ3n) is 3.17. The molecule has 20 heavy (non-hydrogen) atoms. The number of fused-ring (bicyclic) bond motifs is 1. The maximum atomic E-state index is 13.2. The lowest BCUT2D eigenvalue weighted by atomic mass is 10.1. The van der Waals surface area contributed by atoms with Crippen LogP contribution in [0.1, 0.15) is 5.56 Å². The molecule has 3 aromatic carbocycles. The first kappa shape index (κ1) is 12.9. The molecular weight excluding hydrogens is 273 g/mol. The van der Waals surface area contributed by atoms with Crippen LogP contribution in [0.5, 0.6) is 0 Å². The summed E-state index contributed by atoms with van der Waals surface area (Å²) in [5.41, 5.74) is 1.83. The zero-order valence-electron chi connectivity index (χ0n) is 10.7. The van der Waals surface area contributed by atoms with Crippen LogP contribution >= 0.6 is 11.6 Å². The van der Waals surface area contributed by atoms with Gasteiger partial charge in [-0.15, -0.1) is 0 Å². The first-order valence-corrected chi connectivity index (χ1v) is 6.76. The predicted octanol–water partition coefficient (Wildman–Crippen LogP) is 5.24. The third kappa shape index (κ3) is 2.91. The first-order chi connectivity index (χ1) is 9.70. The predicted molar refractivity (Wildman–Crippen MR) is 82.7 cm³/mol. The van der Waals surface area contributed by atoms with Gasteiger partial charge in [0, 0.05) is 17.3 Å². The van der Waals surface area contributed by atoms with Crippen molar-refractivity contribution in [2.24, 2.45) is 0 Å². The minimum absolute atomic E-state index is 0.312. The molecule has 1 N–H and O–H groups in total. The molecule has 0 heterocycles. The van der Waals surface area contributed by atoms with Crippen LogP contribution in [0.15, 0.2) is 60.7 Å². The van der Waals surface area contributed by atoms with E-state index in [4.69, 9.17) is 11.6 Å². The lowest BCUT2D eigenvalue weighted by Crippen LogP contribution is -1.99. The molecule has 0 aromatic heterocycles. The molecule has 1 nitrogen and oxygen atoms in total. The van der Waals surface area contributed by atoms with E-state index in [1.165, 1.54) is 22.9 Å². The van der Waals surface area contributed by atoms with Gasteiger partial charge in [-0.2, -0.15) is 0 Å². The molecule has 3 heteroatoms. The molecule has 0 radical (unpaired) electrons. The molecule has 100 valence electrons. The molecule has 0 spiro atoms. The maximum absolute atomic E-state index is 13.2. The molecule has 0 atom stereocenters. The average Bonchev–Trinajstić information content (AvgIpc) is 2.44. The quantitative estimate of drug-likeness (QED) is 0.693. The highest BCUT2D eigenvalue weighted by molar-refractivity contribution is 6.30. The second-order valence-corrected chi connectivity index (χ2v) is 5.13. The summed E-state index contributed by atoms with van der Waals surface area (Å²) < 4.78 is 13.2. The van der Waals surface area contributed by atoms with E-state index < -0.39 is 0 Å². The van der Waals surface area contributed by atoms with Crippen LogP contribution in [-0.2, 0) is 6.54 Å². The molecule has 0 amide bonds. The molecule has 0 aliphatic carbocycles. The van der Waals surface area contributed by atoms with E-state index in [0.29, 0.717) is 11.6 Å². The Balaban J connectivity index is 1.79. The number of hydrogen-bond donors (Lipinski definition) is 1. The van der Waals surface area contributed by atoms with Gasteiger partial charge in [0.1, 0.15) is 5.82 Å². The Kier molecular flexibility index (Phi) is 3.57. The van der Waals surface area contributed by atoms with Gasteiger partial charge in [0.25, 0.3) is 0 Å². The zero-order valence-corrected chi connectivity index (χ0v) is 11.5. The van der Waals surface area contributed by atoms with Gasteiger partial charge in [0.05, 0.1) is 0 Å². The fourth-order valence-electron chi connectivity index (χ4n) is 2.22. The van der Waals surface area contributed by atoms with Crippen molar-refractivity contribution in [1.82, 2.24) is 0 Å². The van der Waals surface area contributed by atoms with Crippen molar-refractivity contribution >= 4 is 28.1 Å². The SMILES string of the molecule is Fc1cc(Cl)cc(CNc2ccc3ccccc3c2)c1. The smallest absolute Gasteiger partial charge is 0.125 e. The highest BCUT2D eigenvalue weighted by atomic mass is 35.5. The van der Waals surface area contributed by atoms with Crippen molar-refractivity contribution in [3.05, 3.63) is 77.1 Å². The summed E-state index contributed by atoms with van der Waals surface area (Å²) in [5, 5.41) is 6.08. The van der Waals surface area contributed by atoms with Crippen molar-refractivity contribution in [3.8, 4) is 0 Å². The van der Waals surface area contributed by atoms with E-state index in [1.807, 2.05) is 18.2 Å². The normalized spacial score (nSPS) is 10.7. The van der Waals surface area contributed by atoms with Crippen LogP contribution in [0.4, 0.5) is 10.1 Å². The second-order valence-electron chi connectivity index (χ2n) is 4.69. The Labute approximate surface area is 122 Å². The Hall–Kier alpha value is -2.06. The van der Waals surface area contributed by atoms with Gasteiger partial charge >= 0.3 is 0 Å². The fourth-order valence-corrected chi connectivity index (χ4v) is 2.46. The molecule has 0 aliphatic rings. The molecule has 3 aromatic rings. The maximum Gasteiger partial charge on any atom is 0.125 e. The number of nitrogens with one attached hydrogen (secondary N) is 1. The topological polar surface area (TPSA) is 12.0 Å². The van der Waals surface area contributed by atoms with E-state index in [9.17, 15) is 4.39 Å². The Morgan fingerprint density at radius 2 is 1.70 bits per heavy atom. The van der Waals surface area contributed by atoms with Gasteiger partial charge in [-0.25, -0.2) is 4.39 Å². The lowest BCUT2D eigenvalue weighted by molar-refractivity contribution is 0.626. The summed E-state index contributed by atoms with van der Waals surface area (Å²) in [5.74, 6) is -0.312. The Bertz CT molecular complexity index is 735. The number of rotatable bonds is 3. The number of anilines is 1. The second kappa shape index (κ2) is 5.51. The van der Waals surface area contributed by atoms with Gasteiger partial charge in [-0.1, -0.05) is 41.9 Å². The standard InChI is InChI=1S/C17H13ClFN/c18-15-7-12(8-16(19)10-15)11-20-17-6-5-13-3-1-2-4-14(13)9-17/h1-10,20H,11H2. The molecule has 0 saturated carbocycles. The van der Waals surface area contributed by atoms with Gasteiger partial charge in [-0.05, 0) is 46.7 Å². The van der Waals surface area contributed by atoms with Crippen molar-refractivity contribution in [2.45, 2.75) is 6.54 Å². The van der Waals surface area contributed by atoms with Crippen LogP contribution in [0.25, 0.3) is 10.8 Å². The van der Waals surface area contributed by atoms with Gasteiger partial charge in [-0.3, -0.25) is 0 Å². The summed E-state index contributed by atoms with van der Waals surface area (Å²) in [7, 11) is 0. The number of hydrogen-bond acceptors (Lipinski definition) is 1. The van der Waals surface area contributed by atoms with E-state index in [2.05, 4.69) is 29.6 Å². The summed E-state index contributed by atoms with van der Waals surface area (Å²) in [4.78, 5) is 0. The van der Waals surface area contributed by atoms with Gasteiger partial charge in [0.2, 0.25) is 0 Å². The zero-order chi connectivity index (χ0) is 13.9. The summed E-state index contributed by atoms with van der Waals surface area (Å²) in [6.45, 7) is 0.538. The minimum atomic E-state index is -0.312. The van der Waals surface area contributed by atoms with Crippen molar-refractivity contribution in [3.63, 3.8) is 0 Å². The van der Waals surface area contributed by atoms with Crippen molar-refractivity contribution in [1.29, 1.82) is 0 Å². The molecule has 0 aliphatic heterocycles. The van der Waals surface area contributed by atoms with Crippen LogP contribution in [0, 0.1) is 5.82 Å². The van der Waals surface area contributed by atoms with Crippen molar-refractivity contribution in [2.75, 3.05) is 5.32 Å². The Morgan fingerprint density at radius 1 is 0.900 bits per heavy atom. The molecular formula is C17H13ClFN. The van der Waals surface area contributed by atoms with E-state index >= 15 is 0 Å². The molecule has 3 rings (SSSR count). The van der Waals surface area contributed by atoms with Crippen LogP contribution in [0.3, 0.4) is 0 Å². The molecule has 0 saturated heterocycles. The Morgan fingerprint density at radius 3 is 2.50 bits per heavy atom. The van der Waals surface area contributed by atoms with E-state index in [0.717, 1.165) is 11.3 Å². The molecule has 0 bridgehead atoms. The highest BCUT2D eigenvalue weighted by Gasteiger charge is 2.00. The molecule has 0 fully saturated rings. The van der Waals surface area contributed by atoms with Gasteiger partial charge < -0.3 is 5.32 Å². The fraction of sp³-hybridized carbons (Fsp3) is 0.0588. The first-order valence-electron chi connectivity index (χ1n) is 6.38.